The predicted molar refractivity (Wildman–Crippen MR) is 133 cm³/mol. The van der Waals surface area contributed by atoms with Crippen LogP contribution in [0.4, 0.5) is 0 Å². The topological polar surface area (TPSA) is 104 Å². The Hall–Kier alpha value is -3.92. The van der Waals surface area contributed by atoms with Crippen LogP contribution in [0.5, 0.6) is 11.5 Å². The summed E-state index contributed by atoms with van der Waals surface area (Å²) >= 11 is 1.43. The summed E-state index contributed by atoms with van der Waals surface area (Å²) in [5, 5.41) is 12.1. The maximum Gasteiger partial charge on any atom is 0.274 e. The van der Waals surface area contributed by atoms with Crippen molar-refractivity contribution >= 4 is 17.7 Å². The van der Waals surface area contributed by atoms with Gasteiger partial charge in [-0.15, -0.1) is 5.10 Å². The average Bonchev–Trinajstić information content (AvgIpc) is 3.29. The van der Waals surface area contributed by atoms with Crippen molar-refractivity contribution < 1.29 is 14.3 Å². The van der Waals surface area contributed by atoms with Gasteiger partial charge in [-0.1, -0.05) is 29.1 Å². The van der Waals surface area contributed by atoms with Gasteiger partial charge in [0.05, 0.1) is 25.6 Å². The molecule has 4 rings (SSSR count). The standard InChI is InChI=1S/C25H26N6O3S/c1-16-12-17(2)28-25(27-16)35-15-22-23(24(32)26-14-18-6-5-7-21(13-18)34-4)29-30-31(22)19-8-10-20(33-3)11-9-19/h5-13H,14-15H2,1-4H3,(H,26,32). The SMILES string of the molecule is COc1ccc(-n2nnc(C(=O)NCc3cccc(OC)c3)c2CSc2nc(C)cc(C)n2)cc1. The zero-order chi connectivity index (χ0) is 24.8. The maximum absolute atomic E-state index is 13.1. The molecule has 35 heavy (non-hydrogen) atoms. The second-order valence-electron chi connectivity index (χ2n) is 7.75. The van der Waals surface area contributed by atoms with Gasteiger partial charge in [0, 0.05) is 23.7 Å². The van der Waals surface area contributed by atoms with Crippen molar-refractivity contribution in [3.63, 3.8) is 0 Å². The van der Waals surface area contributed by atoms with Crippen LogP contribution in [0.3, 0.4) is 0 Å². The zero-order valence-electron chi connectivity index (χ0n) is 20.0. The van der Waals surface area contributed by atoms with E-state index in [9.17, 15) is 4.79 Å². The van der Waals surface area contributed by atoms with Crippen molar-refractivity contribution in [1.82, 2.24) is 30.3 Å². The lowest BCUT2D eigenvalue weighted by Crippen LogP contribution is -2.24. The van der Waals surface area contributed by atoms with E-state index in [1.807, 2.05) is 68.4 Å². The fraction of sp³-hybridized carbons (Fsp3) is 0.240. The van der Waals surface area contributed by atoms with E-state index in [4.69, 9.17) is 9.47 Å². The zero-order valence-corrected chi connectivity index (χ0v) is 20.8. The second kappa shape index (κ2) is 11.0. The quantitative estimate of drug-likeness (QED) is 0.278. The molecule has 0 bridgehead atoms. The van der Waals surface area contributed by atoms with E-state index in [0.29, 0.717) is 23.1 Å². The van der Waals surface area contributed by atoms with Gasteiger partial charge in [0.1, 0.15) is 11.5 Å². The molecular formula is C25H26N6O3S. The van der Waals surface area contributed by atoms with Crippen molar-refractivity contribution in [2.24, 2.45) is 0 Å². The highest BCUT2D eigenvalue weighted by molar-refractivity contribution is 7.98. The van der Waals surface area contributed by atoms with E-state index in [1.165, 1.54) is 11.8 Å². The first-order chi connectivity index (χ1) is 17.0. The molecule has 2 aromatic heterocycles. The largest absolute Gasteiger partial charge is 0.497 e. The lowest BCUT2D eigenvalue weighted by atomic mass is 10.2. The maximum atomic E-state index is 13.1. The summed E-state index contributed by atoms with van der Waals surface area (Å²) < 4.78 is 12.2. The number of benzene rings is 2. The molecule has 4 aromatic rings. The summed E-state index contributed by atoms with van der Waals surface area (Å²) in [6.07, 6.45) is 0. The van der Waals surface area contributed by atoms with E-state index in [0.717, 1.165) is 34.1 Å². The smallest absolute Gasteiger partial charge is 0.274 e. The highest BCUT2D eigenvalue weighted by atomic mass is 32.2. The molecule has 0 radical (unpaired) electrons. The lowest BCUT2D eigenvalue weighted by Gasteiger charge is -2.10. The van der Waals surface area contributed by atoms with Crippen molar-refractivity contribution in [1.29, 1.82) is 0 Å². The van der Waals surface area contributed by atoms with Crippen LogP contribution in [0.1, 0.15) is 33.1 Å². The molecule has 0 unspecified atom stereocenters. The molecule has 0 saturated carbocycles. The molecule has 0 spiro atoms. The van der Waals surface area contributed by atoms with Gasteiger partial charge >= 0.3 is 0 Å². The number of methoxy groups -OCH3 is 2. The van der Waals surface area contributed by atoms with Gasteiger partial charge < -0.3 is 14.8 Å². The fourth-order valence-corrected chi connectivity index (χ4v) is 4.42. The molecule has 9 nitrogen and oxygen atoms in total. The Kier molecular flexibility index (Phi) is 7.61. The number of thioether (sulfide) groups is 1. The van der Waals surface area contributed by atoms with Crippen LogP contribution < -0.4 is 14.8 Å². The molecule has 0 fully saturated rings. The summed E-state index contributed by atoms with van der Waals surface area (Å²) in [7, 11) is 3.22. The van der Waals surface area contributed by atoms with Crippen molar-refractivity contribution in [2.45, 2.75) is 31.3 Å². The summed E-state index contributed by atoms with van der Waals surface area (Å²) in [5.41, 5.74) is 4.35. The van der Waals surface area contributed by atoms with Crippen molar-refractivity contribution in [2.75, 3.05) is 14.2 Å². The normalized spacial score (nSPS) is 10.7. The molecule has 1 N–H and O–H groups in total. The van der Waals surface area contributed by atoms with E-state index in [2.05, 4.69) is 25.6 Å². The minimum absolute atomic E-state index is 0.251. The van der Waals surface area contributed by atoms with E-state index >= 15 is 0 Å². The van der Waals surface area contributed by atoms with Gasteiger partial charge in [0.2, 0.25) is 0 Å². The summed E-state index contributed by atoms with van der Waals surface area (Å²) in [5.74, 6) is 1.55. The number of hydrogen-bond acceptors (Lipinski definition) is 8. The van der Waals surface area contributed by atoms with Gasteiger partial charge in [-0.3, -0.25) is 4.79 Å². The molecule has 1 amide bonds. The van der Waals surface area contributed by atoms with Crippen LogP contribution in [0.25, 0.3) is 5.69 Å². The summed E-state index contributed by atoms with van der Waals surface area (Å²) in [6.45, 7) is 4.19. The highest BCUT2D eigenvalue weighted by Gasteiger charge is 2.21. The average molecular weight is 491 g/mol. The Morgan fingerprint density at radius 2 is 1.69 bits per heavy atom. The van der Waals surface area contributed by atoms with Gasteiger partial charge in [0.25, 0.3) is 5.91 Å². The molecule has 2 heterocycles. The van der Waals surface area contributed by atoms with Crippen molar-refractivity contribution in [3.05, 3.63) is 82.9 Å². The molecule has 0 aliphatic heterocycles. The Bertz CT molecular complexity index is 1300. The Morgan fingerprint density at radius 1 is 0.971 bits per heavy atom. The number of nitrogens with zero attached hydrogens (tertiary/aromatic N) is 5. The summed E-state index contributed by atoms with van der Waals surface area (Å²) in [4.78, 5) is 22.1. The number of nitrogens with one attached hydrogen (secondary N) is 1. The Labute approximate surface area is 207 Å². The first kappa shape index (κ1) is 24.2. The highest BCUT2D eigenvalue weighted by Crippen LogP contribution is 2.25. The van der Waals surface area contributed by atoms with E-state index in [1.54, 1.807) is 18.9 Å². The minimum Gasteiger partial charge on any atom is -0.497 e. The first-order valence-corrected chi connectivity index (χ1v) is 11.9. The Morgan fingerprint density at radius 3 is 2.37 bits per heavy atom. The van der Waals surface area contributed by atoms with Crippen LogP contribution in [-0.4, -0.2) is 45.1 Å². The molecule has 10 heteroatoms. The molecule has 0 atom stereocenters. The number of carbonyl (C=O) groups is 1. The molecule has 2 aromatic carbocycles. The third kappa shape index (κ3) is 5.96. The molecular weight excluding hydrogens is 464 g/mol. The lowest BCUT2D eigenvalue weighted by molar-refractivity contribution is 0.0945. The number of amides is 1. The van der Waals surface area contributed by atoms with Crippen LogP contribution in [0, 0.1) is 13.8 Å². The van der Waals surface area contributed by atoms with E-state index in [-0.39, 0.29) is 11.6 Å². The minimum atomic E-state index is -0.315. The molecule has 0 aliphatic carbocycles. The van der Waals surface area contributed by atoms with Gasteiger partial charge in [-0.25, -0.2) is 14.6 Å². The van der Waals surface area contributed by atoms with Crippen LogP contribution in [-0.2, 0) is 12.3 Å². The molecule has 180 valence electrons. The first-order valence-electron chi connectivity index (χ1n) is 10.9. The number of aromatic nitrogens is 5. The Balaban J connectivity index is 1.60. The molecule has 0 aliphatic rings. The van der Waals surface area contributed by atoms with Gasteiger partial charge in [0.15, 0.2) is 10.9 Å². The molecule has 0 saturated heterocycles. The van der Waals surface area contributed by atoms with E-state index < -0.39 is 0 Å². The van der Waals surface area contributed by atoms with Crippen LogP contribution in [0.2, 0.25) is 0 Å². The van der Waals surface area contributed by atoms with Crippen molar-refractivity contribution in [3.8, 4) is 17.2 Å². The fourth-order valence-electron chi connectivity index (χ4n) is 3.48. The number of rotatable bonds is 9. The number of aryl methyl sites for hydroxylation is 2. The number of ether oxygens (including phenoxy) is 2. The monoisotopic (exact) mass is 490 g/mol. The third-order valence-corrected chi connectivity index (χ3v) is 6.04. The van der Waals surface area contributed by atoms with Gasteiger partial charge in [-0.2, -0.15) is 0 Å². The third-order valence-electron chi connectivity index (χ3n) is 5.18. The summed E-state index contributed by atoms with van der Waals surface area (Å²) in [6, 6.07) is 16.9. The van der Waals surface area contributed by atoms with Crippen LogP contribution in [0.15, 0.2) is 59.8 Å². The number of hydrogen-bond donors (Lipinski definition) is 1. The van der Waals surface area contributed by atoms with Crippen LogP contribution >= 0.6 is 11.8 Å². The second-order valence-corrected chi connectivity index (χ2v) is 8.69. The van der Waals surface area contributed by atoms with Gasteiger partial charge in [-0.05, 0) is 61.9 Å². The number of carbonyl (C=O) groups excluding carboxylic acids is 1. The predicted octanol–water partition coefficient (Wildman–Crippen LogP) is 3.91.